The Morgan fingerprint density at radius 2 is 1.71 bits per heavy atom. The quantitative estimate of drug-likeness (QED) is 0.919. The van der Waals surface area contributed by atoms with Crippen LogP contribution in [0.3, 0.4) is 0 Å². The number of anilines is 1. The maximum atomic E-state index is 13.1. The fraction of sp³-hybridized carbons (Fsp3) is 0.300. The van der Waals surface area contributed by atoms with Crippen LogP contribution in [0.2, 0.25) is 0 Å². The van der Waals surface area contributed by atoms with Gasteiger partial charge in [-0.25, -0.2) is 0 Å². The van der Waals surface area contributed by atoms with Crippen molar-refractivity contribution in [3.8, 4) is 0 Å². The van der Waals surface area contributed by atoms with Gasteiger partial charge in [-0.1, -0.05) is 55.8 Å². The number of amides is 2. The molecule has 1 N–H and O–H groups in total. The second-order valence-corrected chi connectivity index (χ2v) is 6.08. The van der Waals surface area contributed by atoms with Crippen molar-refractivity contribution in [1.82, 2.24) is 5.32 Å². The van der Waals surface area contributed by atoms with Gasteiger partial charge in [0.1, 0.15) is 6.04 Å². The Morgan fingerprint density at radius 1 is 1.00 bits per heavy atom. The Kier molecular flexibility index (Phi) is 4.94. The molecule has 0 spiro atoms. The maximum absolute atomic E-state index is 13.1. The van der Waals surface area contributed by atoms with Crippen LogP contribution in [-0.4, -0.2) is 24.4 Å². The molecule has 1 atom stereocenters. The highest BCUT2D eigenvalue weighted by Gasteiger charge is 2.33. The van der Waals surface area contributed by atoms with Crippen LogP contribution in [0.25, 0.3) is 0 Å². The van der Waals surface area contributed by atoms with E-state index in [0.29, 0.717) is 24.2 Å². The topological polar surface area (TPSA) is 49.4 Å². The third-order valence-corrected chi connectivity index (χ3v) is 4.33. The highest BCUT2D eigenvalue weighted by Crippen LogP contribution is 2.25. The molecule has 1 heterocycles. The van der Waals surface area contributed by atoms with E-state index in [1.54, 1.807) is 11.0 Å². The van der Waals surface area contributed by atoms with Crippen LogP contribution >= 0.6 is 0 Å². The average Bonchev–Trinajstić information content (AvgIpc) is 2.71. The van der Waals surface area contributed by atoms with Gasteiger partial charge in [-0.05, 0) is 24.1 Å². The maximum Gasteiger partial charge on any atom is 0.254 e. The molecule has 1 aliphatic heterocycles. The lowest BCUT2D eigenvalue weighted by molar-refractivity contribution is -0.120. The highest BCUT2D eigenvalue weighted by atomic mass is 16.2. The van der Waals surface area contributed by atoms with Gasteiger partial charge in [-0.15, -0.1) is 0 Å². The van der Waals surface area contributed by atoms with Crippen molar-refractivity contribution >= 4 is 17.5 Å². The summed E-state index contributed by atoms with van der Waals surface area (Å²) in [6, 6.07) is 16.6. The molecule has 0 aliphatic carbocycles. The van der Waals surface area contributed by atoms with E-state index in [1.165, 1.54) is 0 Å². The van der Waals surface area contributed by atoms with Crippen LogP contribution in [0, 0.1) is 0 Å². The highest BCUT2D eigenvalue weighted by molar-refractivity contribution is 6.11. The first-order chi connectivity index (χ1) is 11.7. The predicted octanol–water partition coefficient (Wildman–Crippen LogP) is 3.17. The van der Waals surface area contributed by atoms with Crippen LogP contribution in [0.4, 0.5) is 5.69 Å². The van der Waals surface area contributed by atoms with Crippen LogP contribution < -0.4 is 10.2 Å². The molecule has 0 bridgehead atoms. The molecule has 0 saturated heterocycles. The fourth-order valence-electron chi connectivity index (χ4n) is 3.04. The van der Waals surface area contributed by atoms with Gasteiger partial charge in [0.2, 0.25) is 5.91 Å². The molecule has 0 radical (unpaired) electrons. The summed E-state index contributed by atoms with van der Waals surface area (Å²) in [7, 11) is 0. The van der Waals surface area contributed by atoms with E-state index < -0.39 is 6.04 Å². The van der Waals surface area contributed by atoms with Gasteiger partial charge < -0.3 is 10.2 Å². The summed E-state index contributed by atoms with van der Waals surface area (Å²) in [5, 5.41) is 2.91. The number of unbranched alkanes of at least 4 members (excludes halogenated alkanes) is 1. The normalized spacial score (nSPS) is 17.2. The number of benzene rings is 2. The molecule has 1 aliphatic rings. The SMILES string of the molecule is CCCCN1C(=O)[C@H](Cc2ccccc2)NC(=O)c2ccccc21. The molecule has 2 aromatic carbocycles. The molecule has 0 unspecified atom stereocenters. The minimum Gasteiger partial charge on any atom is -0.340 e. The Labute approximate surface area is 142 Å². The first kappa shape index (κ1) is 16.2. The Bertz CT molecular complexity index is 727. The van der Waals surface area contributed by atoms with E-state index in [4.69, 9.17) is 0 Å². The second-order valence-electron chi connectivity index (χ2n) is 6.08. The van der Waals surface area contributed by atoms with Crippen molar-refractivity contribution in [3.05, 3.63) is 65.7 Å². The molecular formula is C20H22N2O2. The summed E-state index contributed by atoms with van der Waals surface area (Å²) >= 11 is 0. The van der Waals surface area contributed by atoms with Gasteiger partial charge in [-0.3, -0.25) is 9.59 Å². The minimum atomic E-state index is -0.538. The molecule has 3 rings (SSSR count). The molecular weight excluding hydrogens is 300 g/mol. The van der Waals surface area contributed by atoms with Crippen molar-refractivity contribution in [2.45, 2.75) is 32.2 Å². The molecule has 0 fully saturated rings. The number of hydrogen-bond acceptors (Lipinski definition) is 2. The van der Waals surface area contributed by atoms with Crippen molar-refractivity contribution in [1.29, 1.82) is 0 Å². The second kappa shape index (κ2) is 7.30. The number of nitrogens with zero attached hydrogens (tertiary/aromatic N) is 1. The van der Waals surface area contributed by atoms with Crippen molar-refractivity contribution in [2.24, 2.45) is 0 Å². The number of carbonyl (C=O) groups is 2. The van der Waals surface area contributed by atoms with Crippen molar-refractivity contribution < 1.29 is 9.59 Å². The van der Waals surface area contributed by atoms with Crippen LogP contribution in [0.5, 0.6) is 0 Å². The zero-order valence-corrected chi connectivity index (χ0v) is 13.9. The molecule has 0 aromatic heterocycles. The number of carbonyl (C=O) groups excluding carboxylic acids is 2. The summed E-state index contributed by atoms with van der Waals surface area (Å²) in [6.45, 7) is 2.73. The zero-order valence-electron chi connectivity index (χ0n) is 13.9. The van der Waals surface area contributed by atoms with E-state index in [0.717, 1.165) is 18.4 Å². The van der Waals surface area contributed by atoms with Gasteiger partial charge in [0, 0.05) is 13.0 Å². The lowest BCUT2D eigenvalue weighted by Crippen LogP contribution is -2.47. The Hall–Kier alpha value is -2.62. The van der Waals surface area contributed by atoms with E-state index in [2.05, 4.69) is 12.2 Å². The molecule has 124 valence electrons. The lowest BCUT2D eigenvalue weighted by atomic mass is 10.0. The van der Waals surface area contributed by atoms with Crippen molar-refractivity contribution in [2.75, 3.05) is 11.4 Å². The number of hydrogen-bond donors (Lipinski definition) is 1. The summed E-state index contributed by atoms with van der Waals surface area (Å²) in [4.78, 5) is 27.4. The molecule has 0 saturated carbocycles. The predicted molar refractivity (Wildman–Crippen MR) is 95.1 cm³/mol. The third-order valence-electron chi connectivity index (χ3n) is 4.33. The fourth-order valence-corrected chi connectivity index (χ4v) is 3.04. The standard InChI is InChI=1S/C20H22N2O2/c1-2-3-13-22-18-12-8-7-11-16(18)19(23)21-17(20(22)24)14-15-9-5-4-6-10-15/h4-12,17H,2-3,13-14H2,1H3,(H,21,23)/t17-/m0/s1. The smallest absolute Gasteiger partial charge is 0.254 e. The number of nitrogens with one attached hydrogen (secondary N) is 1. The van der Waals surface area contributed by atoms with Crippen LogP contribution in [0.1, 0.15) is 35.7 Å². The number of fused-ring (bicyclic) bond motifs is 1. The third kappa shape index (κ3) is 3.32. The Balaban J connectivity index is 1.94. The summed E-state index contributed by atoms with van der Waals surface area (Å²) in [5.41, 5.74) is 2.32. The lowest BCUT2D eigenvalue weighted by Gasteiger charge is -2.25. The summed E-state index contributed by atoms with van der Waals surface area (Å²) in [5.74, 6) is -0.218. The van der Waals surface area contributed by atoms with Gasteiger partial charge >= 0.3 is 0 Å². The van der Waals surface area contributed by atoms with Crippen LogP contribution in [-0.2, 0) is 11.2 Å². The monoisotopic (exact) mass is 322 g/mol. The molecule has 4 nitrogen and oxygen atoms in total. The largest absolute Gasteiger partial charge is 0.340 e. The van der Waals surface area contributed by atoms with Crippen molar-refractivity contribution in [3.63, 3.8) is 0 Å². The minimum absolute atomic E-state index is 0.0365. The van der Waals surface area contributed by atoms with Gasteiger partial charge in [0.05, 0.1) is 11.3 Å². The summed E-state index contributed by atoms with van der Waals surface area (Å²) < 4.78 is 0. The zero-order chi connectivity index (χ0) is 16.9. The number of rotatable bonds is 5. The summed E-state index contributed by atoms with van der Waals surface area (Å²) in [6.07, 6.45) is 2.41. The molecule has 2 aromatic rings. The Morgan fingerprint density at radius 3 is 2.46 bits per heavy atom. The van der Waals surface area contributed by atoms with Gasteiger partial charge in [-0.2, -0.15) is 0 Å². The molecule has 4 heteroatoms. The van der Waals surface area contributed by atoms with Gasteiger partial charge in [0.25, 0.3) is 5.91 Å². The molecule has 24 heavy (non-hydrogen) atoms. The van der Waals surface area contributed by atoms with E-state index in [-0.39, 0.29) is 11.8 Å². The van der Waals surface area contributed by atoms with E-state index in [9.17, 15) is 9.59 Å². The molecule has 2 amide bonds. The van der Waals surface area contributed by atoms with Crippen LogP contribution in [0.15, 0.2) is 54.6 Å². The van der Waals surface area contributed by atoms with E-state index >= 15 is 0 Å². The first-order valence-corrected chi connectivity index (χ1v) is 8.46. The average molecular weight is 322 g/mol. The first-order valence-electron chi connectivity index (χ1n) is 8.46. The van der Waals surface area contributed by atoms with E-state index in [1.807, 2.05) is 48.5 Å². The number of para-hydroxylation sites is 1. The van der Waals surface area contributed by atoms with Gasteiger partial charge in [0.15, 0.2) is 0 Å².